The van der Waals surface area contributed by atoms with Gasteiger partial charge in [-0.05, 0) is 49.6 Å². The highest BCUT2D eigenvalue weighted by Gasteiger charge is 2.10. The molecule has 0 bridgehead atoms. The van der Waals surface area contributed by atoms with E-state index in [9.17, 15) is 14.7 Å². The van der Waals surface area contributed by atoms with Gasteiger partial charge in [-0.15, -0.1) is 0 Å². The van der Waals surface area contributed by atoms with E-state index in [-0.39, 0.29) is 23.0 Å². The lowest BCUT2D eigenvalue weighted by Crippen LogP contribution is -2.11. The molecule has 0 heterocycles. The molecule has 4 heteroatoms. The first kappa shape index (κ1) is 15.8. The number of phenolic OH excluding ortho intramolecular Hbond substituents is 1. The number of carbonyl (C=O) groups is 2. The molecule has 2 aromatic rings. The first-order valence-corrected chi connectivity index (χ1v) is 7.24. The number of rotatable bonds is 6. The number of ketones is 1. The standard InChI is InChI=1S/C18H19NO3/c1-13(20)5-4-6-14-9-11-15(12-10-14)19-18(22)16-7-2-3-8-17(16)21/h2-3,7-12,21H,4-6H2,1H3,(H,19,22). The molecule has 0 atom stereocenters. The third kappa shape index (κ3) is 4.45. The molecule has 0 saturated carbocycles. The van der Waals surface area contributed by atoms with E-state index >= 15 is 0 Å². The third-order valence-electron chi connectivity index (χ3n) is 3.35. The van der Waals surface area contributed by atoms with Gasteiger partial charge in [0.05, 0.1) is 5.56 Å². The van der Waals surface area contributed by atoms with Gasteiger partial charge >= 0.3 is 0 Å². The minimum atomic E-state index is -0.345. The number of Topliss-reactive ketones (excluding diaryl/α,β-unsaturated/α-hetero) is 1. The Morgan fingerprint density at radius 1 is 1.05 bits per heavy atom. The quantitative estimate of drug-likeness (QED) is 0.856. The van der Waals surface area contributed by atoms with Crippen LogP contribution in [0.4, 0.5) is 5.69 Å². The number of carbonyl (C=O) groups excluding carboxylic acids is 2. The number of hydrogen-bond donors (Lipinski definition) is 2. The van der Waals surface area contributed by atoms with Gasteiger partial charge in [-0.2, -0.15) is 0 Å². The summed E-state index contributed by atoms with van der Waals surface area (Å²) >= 11 is 0. The number of nitrogens with one attached hydrogen (secondary N) is 1. The van der Waals surface area contributed by atoms with Crippen molar-refractivity contribution in [2.75, 3.05) is 5.32 Å². The lowest BCUT2D eigenvalue weighted by atomic mass is 10.1. The van der Waals surface area contributed by atoms with Crippen LogP contribution in [-0.4, -0.2) is 16.8 Å². The maximum atomic E-state index is 12.1. The first-order chi connectivity index (χ1) is 10.6. The molecule has 0 radical (unpaired) electrons. The molecule has 1 amide bonds. The van der Waals surface area contributed by atoms with Crippen molar-refractivity contribution in [2.24, 2.45) is 0 Å². The Kier molecular flexibility index (Phi) is 5.31. The molecule has 114 valence electrons. The van der Waals surface area contributed by atoms with Crippen molar-refractivity contribution in [3.8, 4) is 5.75 Å². The van der Waals surface area contributed by atoms with Gasteiger partial charge in [0.2, 0.25) is 0 Å². The van der Waals surface area contributed by atoms with Crippen LogP contribution in [0.2, 0.25) is 0 Å². The maximum absolute atomic E-state index is 12.1. The smallest absolute Gasteiger partial charge is 0.259 e. The van der Waals surface area contributed by atoms with E-state index in [2.05, 4.69) is 5.32 Å². The van der Waals surface area contributed by atoms with E-state index in [4.69, 9.17) is 0 Å². The summed E-state index contributed by atoms with van der Waals surface area (Å²) in [5.41, 5.74) is 2.04. The van der Waals surface area contributed by atoms with Crippen LogP contribution in [0.25, 0.3) is 0 Å². The van der Waals surface area contributed by atoms with Crippen LogP contribution in [0.15, 0.2) is 48.5 Å². The van der Waals surface area contributed by atoms with E-state index in [1.165, 1.54) is 6.07 Å². The number of para-hydroxylation sites is 1. The first-order valence-electron chi connectivity index (χ1n) is 7.24. The maximum Gasteiger partial charge on any atom is 0.259 e. The molecular weight excluding hydrogens is 278 g/mol. The van der Waals surface area contributed by atoms with Crippen LogP contribution in [0, 0.1) is 0 Å². The zero-order valence-electron chi connectivity index (χ0n) is 12.5. The number of hydrogen-bond acceptors (Lipinski definition) is 3. The molecule has 0 aliphatic heterocycles. The summed E-state index contributed by atoms with van der Waals surface area (Å²) in [5, 5.41) is 12.4. The second-order valence-corrected chi connectivity index (χ2v) is 5.22. The molecule has 2 aromatic carbocycles. The fourth-order valence-electron chi connectivity index (χ4n) is 2.16. The fraction of sp³-hybridized carbons (Fsp3) is 0.222. The SMILES string of the molecule is CC(=O)CCCc1ccc(NC(=O)c2ccccc2O)cc1. The van der Waals surface area contributed by atoms with Crippen LogP contribution < -0.4 is 5.32 Å². The molecular formula is C18H19NO3. The van der Waals surface area contributed by atoms with Crippen molar-refractivity contribution in [3.63, 3.8) is 0 Å². The average molecular weight is 297 g/mol. The van der Waals surface area contributed by atoms with Gasteiger partial charge in [-0.1, -0.05) is 24.3 Å². The summed E-state index contributed by atoms with van der Waals surface area (Å²) < 4.78 is 0. The zero-order valence-corrected chi connectivity index (χ0v) is 12.5. The summed E-state index contributed by atoms with van der Waals surface area (Å²) in [4.78, 5) is 23.0. The van der Waals surface area contributed by atoms with Gasteiger partial charge < -0.3 is 15.2 Å². The lowest BCUT2D eigenvalue weighted by molar-refractivity contribution is -0.117. The molecule has 2 rings (SSSR count). The topological polar surface area (TPSA) is 66.4 Å². The summed E-state index contributed by atoms with van der Waals surface area (Å²) in [6.07, 6.45) is 2.26. The Morgan fingerprint density at radius 3 is 2.36 bits per heavy atom. The summed E-state index contributed by atoms with van der Waals surface area (Å²) in [6, 6.07) is 13.9. The van der Waals surface area contributed by atoms with Crippen molar-refractivity contribution in [1.82, 2.24) is 0 Å². The molecule has 0 saturated heterocycles. The zero-order chi connectivity index (χ0) is 15.9. The molecule has 0 fully saturated rings. The molecule has 2 N–H and O–H groups in total. The molecule has 22 heavy (non-hydrogen) atoms. The Morgan fingerprint density at radius 2 is 1.73 bits per heavy atom. The highest BCUT2D eigenvalue weighted by atomic mass is 16.3. The largest absolute Gasteiger partial charge is 0.507 e. The van der Waals surface area contributed by atoms with Crippen molar-refractivity contribution in [1.29, 1.82) is 0 Å². The second kappa shape index (κ2) is 7.41. The van der Waals surface area contributed by atoms with E-state index in [1.807, 2.05) is 24.3 Å². The van der Waals surface area contributed by atoms with Gasteiger partial charge in [0.25, 0.3) is 5.91 Å². The number of amides is 1. The molecule has 0 unspecified atom stereocenters. The van der Waals surface area contributed by atoms with Gasteiger partial charge in [0.15, 0.2) is 0 Å². The number of benzene rings is 2. The Balaban J connectivity index is 1.95. The summed E-state index contributed by atoms with van der Waals surface area (Å²) in [7, 11) is 0. The highest BCUT2D eigenvalue weighted by Crippen LogP contribution is 2.18. The fourth-order valence-corrected chi connectivity index (χ4v) is 2.16. The van der Waals surface area contributed by atoms with E-state index in [0.717, 1.165) is 18.4 Å². The number of aryl methyl sites for hydroxylation is 1. The number of anilines is 1. The molecule has 0 aliphatic rings. The predicted octanol–water partition coefficient (Wildman–Crippen LogP) is 3.56. The van der Waals surface area contributed by atoms with Crippen molar-refractivity contribution < 1.29 is 14.7 Å². The second-order valence-electron chi connectivity index (χ2n) is 5.22. The molecule has 0 aromatic heterocycles. The van der Waals surface area contributed by atoms with Gasteiger partial charge in [-0.25, -0.2) is 0 Å². The number of aromatic hydroxyl groups is 1. The van der Waals surface area contributed by atoms with Crippen molar-refractivity contribution in [3.05, 3.63) is 59.7 Å². The molecule has 0 spiro atoms. The predicted molar refractivity (Wildman–Crippen MR) is 86.1 cm³/mol. The minimum absolute atomic E-state index is 0.0409. The van der Waals surface area contributed by atoms with E-state index < -0.39 is 0 Å². The average Bonchev–Trinajstić information content (AvgIpc) is 2.49. The van der Waals surface area contributed by atoms with Crippen LogP contribution in [-0.2, 0) is 11.2 Å². The van der Waals surface area contributed by atoms with Gasteiger partial charge in [0.1, 0.15) is 11.5 Å². The van der Waals surface area contributed by atoms with E-state index in [1.54, 1.807) is 25.1 Å². The molecule has 4 nitrogen and oxygen atoms in total. The van der Waals surface area contributed by atoms with Crippen LogP contribution in [0.3, 0.4) is 0 Å². The number of phenols is 1. The highest BCUT2D eigenvalue weighted by molar-refractivity contribution is 6.06. The van der Waals surface area contributed by atoms with Crippen LogP contribution >= 0.6 is 0 Å². The summed E-state index contributed by atoms with van der Waals surface area (Å²) in [6.45, 7) is 1.59. The van der Waals surface area contributed by atoms with Gasteiger partial charge in [-0.3, -0.25) is 4.79 Å². The summed E-state index contributed by atoms with van der Waals surface area (Å²) in [5.74, 6) is -0.185. The van der Waals surface area contributed by atoms with E-state index in [0.29, 0.717) is 12.1 Å². The van der Waals surface area contributed by atoms with Crippen LogP contribution in [0.5, 0.6) is 5.75 Å². The van der Waals surface area contributed by atoms with Crippen LogP contribution in [0.1, 0.15) is 35.7 Å². The van der Waals surface area contributed by atoms with Crippen molar-refractivity contribution in [2.45, 2.75) is 26.2 Å². The normalized spacial score (nSPS) is 10.2. The Labute approximate surface area is 129 Å². The molecule has 0 aliphatic carbocycles. The monoisotopic (exact) mass is 297 g/mol. The van der Waals surface area contributed by atoms with Crippen molar-refractivity contribution >= 4 is 17.4 Å². The van der Waals surface area contributed by atoms with Gasteiger partial charge in [0, 0.05) is 12.1 Å². The minimum Gasteiger partial charge on any atom is -0.507 e. The third-order valence-corrected chi connectivity index (χ3v) is 3.35. The Hall–Kier alpha value is -2.62. The Bertz CT molecular complexity index is 662. The lowest BCUT2D eigenvalue weighted by Gasteiger charge is -2.07.